The number of aryl methyl sites for hydroxylation is 2. The van der Waals surface area contributed by atoms with Crippen LogP contribution in [0.1, 0.15) is 36.6 Å². The zero-order chi connectivity index (χ0) is 14.0. The normalized spacial score (nSPS) is 26.4. The van der Waals surface area contributed by atoms with Crippen molar-refractivity contribution in [1.82, 2.24) is 4.90 Å². The molecule has 1 heterocycles. The van der Waals surface area contributed by atoms with E-state index in [9.17, 15) is 0 Å². The Balaban J connectivity index is 2.29. The van der Waals surface area contributed by atoms with Gasteiger partial charge in [0.1, 0.15) is 0 Å². The first kappa shape index (κ1) is 14.5. The van der Waals surface area contributed by atoms with E-state index in [1.165, 1.54) is 16.7 Å². The topological polar surface area (TPSA) is 38.5 Å². The van der Waals surface area contributed by atoms with E-state index in [-0.39, 0.29) is 12.2 Å². The Hall–Kier alpha value is -0.900. The molecule has 0 radical (unpaired) electrons. The van der Waals surface area contributed by atoms with Gasteiger partial charge in [-0.2, -0.15) is 0 Å². The molecule has 0 bridgehead atoms. The summed E-state index contributed by atoms with van der Waals surface area (Å²) in [5.41, 5.74) is 10.1. The fourth-order valence-corrected chi connectivity index (χ4v) is 3.27. The zero-order valence-electron chi connectivity index (χ0n) is 12.5. The molecule has 2 rings (SSSR count). The molecule has 0 aliphatic carbocycles. The zero-order valence-corrected chi connectivity index (χ0v) is 12.5. The summed E-state index contributed by atoms with van der Waals surface area (Å²) in [6.07, 6.45) is 0.559. The first-order chi connectivity index (χ1) is 9.02. The maximum atomic E-state index is 6.08. The van der Waals surface area contributed by atoms with Crippen LogP contribution in [0.25, 0.3) is 0 Å². The standard InChI is InChI=1S/C16H26N2O/c1-11-6-5-7-12(2)16(11)15(8-17)18-9-13(3)19-14(4)10-18/h5-7,13-15H,8-10,17H2,1-4H3. The van der Waals surface area contributed by atoms with Gasteiger partial charge in [-0.25, -0.2) is 0 Å². The molecule has 0 spiro atoms. The van der Waals surface area contributed by atoms with Crippen molar-refractivity contribution in [1.29, 1.82) is 0 Å². The molecule has 1 aliphatic heterocycles. The number of morpholine rings is 1. The van der Waals surface area contributed by atoms with Crippen LogP contribution in [0.2, 0.25) is 0 Å². The van der Waals surface area contributed by atoms with Crippen LogP contribution in [0.5, 0.6) is 0 Å². The van der Waals surface area contributed by atoms with Crippen molar-refractivity contribution in [2.45, 2.75) is 45.9 Å². The Morgan fingerprint density at radius 1 is 1.21 bits per heavy atom. The first-order valence-electron chi connectivity index (χ1n) is 7.18. The number of ether oxygens (including phenoxy) is 1. The molecular formula is C16H26N2O. The van der Waals surface area contributed by atoms with Crippen molar-refractivity contribution in [2.24, 2.45) is 5.73 Å². The molecular weight excluding hydrogens is 236 g/mol. The molecule has 3 heteroatoms. The summed E-state index contributed by atoms with van der Waals surface area (Å²) in [6.45, 7) is 11.2. The Kier molecular flexibility index (Phi) is 4.61. The van der Waals surface area contributed by atoms with Crippen LogP contribution in [-0.2, 0) is 4.74 Å². The molecule has 1 aromatic rings. The van der Waals surface area contributed by atoms with Gasteiger partial charge in [-0.15, -0.1) is 0 Å². The van der Waals surface area contributed by atoms with Crippen LogP contribution >= 0.6 is 0 Å². The largest absolute Gasteiger partial charge is 0.373 e. The van der Waals surface area contributed by atoms with Gasteiger partial charge in [0, 0.05) is 25.7 Å². The predicted molar refractivity (Wildman–Crippen MR) is 79.3 cm³/mol. The van der Waals surface area contributed by atoms with Gasteiger partial charge in [0.05, 0.1) is 12.2 Å². The van der Waals surface area contributed by atoms with E-state index in [0.717, 1.165) is 13.1 Å². The fraction of sp³-hybridized carbons (Fsp3) is 0.625. The average molecular weight is 262 g/mol. The lowest BCUT2D eigenvalue weighted by molar-refractivity contribution is -0.0800. The minimum atomic E-state index is 0.280. The average Bonchev–Trinajstić information content (AvgIpc) is 2.32. The monoisotopic (exact) mass is 262 g/mol. The number of nitrogens with zero attached hydrogens (tertiary/aromatic N) is 1. The minimum absolute atomic E-state index is 0.280. The van der Waals surface area contributed by atoms with E-state index in [4.69, 9.17) is 10.5 Å². The second-order valence-corrected chi connectivity index (χ2v) is 5.77. The molecule has 2 N–H and O–H groups in total. The van der Waals surface area contributed by atoms with Gasteiger partial charge < -0.3 is 10.5 Å². The molecule has 3 nitrogen and oxygen atoms in total. The molecule has 1 fully saturated rings. The number of nitrogens with two attached hydrogens (primary N) is 1. The quantitative estimate of drug-likeness (QED) is 0.909. The van der Waals surface area contributed by atoms with Gasteiger partial charge in [0.25, 0.3) is 0 Å². The van der Waals surface area contributed by atoms with Crippen molar-refractivity contribution in [3.05, 3.63) is 34.9 Å². The minimum Gasteiger partial charge on any atom is -0.373 e. The summed E-state index contributed by atoms with van der Waals surface area (Å²) < 4.78 is 5.82. The third-order valence-electron chi connectivity index (χ3n) is 3.99. The summed E-state index contributed by atoms with van der Waals surface area (Å²) in [6, 6.07) is 6.78. The molecule has 1 saturated heterocycles. The number of hydrogen-bond acceptors (Lipinski definition) is 3. The van der Waals surface area contributed by atoms with Crippen LogP contribution in [-0.4, -0.2) is 36.7 Å². The van der Waals surface area contributed by atoms with Crippen molar-refractivity contribution in [3.8, 4) is 0 Å². The smallest absolute Gasteiger partial charge is 0.0678 e. The van der Waals surface area contributed by atoms with Crippen LogP contribution < -0.4 is 5.73 Å². The van der Waals surface area contributed by atoms with Gasteiger partial charge in [-0.05, 0) is 44.4 Å². The highest BCUT2D eigenvalue weighted by Crippen LogP contribution is 2.28. The molecule has 3 unspecified atom stereocenters. The number of rotatable bonds is 3. The number of hydrogen-bond donors (Lipinski definition) is 1. The summed E-state index contributed by atoms with van der Waals surface area (Å²) in [5, 5.41) is 0. The van der Waals surface area contributed by atoms with E-state index in [1.54, 1.807) is 0 Å². The van der Waals surface area contributed by atoms with E-state index in [0.29, 0.717) is 12.6 Å². The molecule has 0 aromatic heterocycles. The first-order valence-corrected chi connectivity index (χ1v) is 7.18. The Labute approximate surface area is 116 Å². The molecule has 3 atom stereocenters. The lowest BCUT2D eigenvalue weighted by atomic mass is 9.94. The second kappa shape index (κ2) is 6.04. The highest BCUT2D eigenvalue weighted by Gasteiger charge is 2.29. The summed E-state index contributed by atoms with van der Waals surface area (Å²) in [4.78, 5) is 2.48. The SMILES string of the molecule is Cc1cccc(C)c1C(CN)N1CC(C)OC(C)C1. The number of benzene rings is 1. The predicted octanol–water partition coefficient (Wildman–Crippen LogP) is 2.41. The summed E-state index contributed by atoms with van der Waals surface area (Å²) >= 11 is 0. The van der Waals surface area contributed by atoms with Gasteiger partial charge in [0.2, 0.25) is 0 Å². The van der Waals surface area contributed by atoms with E-state index < -0.39 is 0 Å². The van der Waals surface area contributed by atoms with Gasteiger partial charge in [0.15, 0.2) is 0 Å². The van der Waals surface area contributed by atoms with Crippen LogP contribution in [0.4, 0.5) is 0 Å². The van der Waals surface area contributed by atoms with Crippen LogP contribution in [0, 0.1) is 13.8 Å². The van der Waals surface area contributed by atoms with Crippen LogP contribution in [0.3, 0.4) is 0 Å². The van der Waals surface area contributed by atoms with Crippen molar-refractivity contribution in [3.63, 3.8) is 0 Å². The van der Waals surface area contributed by atoms with E-state index in [2.05, 4.69) is 50.8 Å². The lowest BCUT2D eigenvalue weighted by Crippen LogP contribution is -2.48. The van der Waals surface area contributed by atoms with Gasteiger partial charge in [-0.1, -0.05) is 18.2 Å². The Morgan fingerprint density at radius 3 is 2.21 bits per heavy atom. The van der Waals surface area contributed by atoms with Gasteiger partial charge in [-0.3, -0.25) is 4.90 Å². The molecule has 0 saturated carbocycles. The lowest BCUT2D eigenvalue weighted by Gasteiger charge is -2.40. The van der Waals surface area contributed by atoms with Crippen molar-refractivity contribution < 1.29 is 4.74 Å². The maximum Gasteiger partial charge on any atom is 0.0678 e. The highest BCUT2D eigenvalue weighted by molar-refractivity contribution is 5.36. The molecule has 19 heavy (non-hydrogen) atoms. The highest BCUT2D eigenvalue weighted by atomic mass is 16.5. The van der Waals surface area contributed by atoms with E-state index in [1.807, 2.05) is 0 Å². The molecule has 1 aromatic carbocycles. The molecule has 1 aliphatic rings. The Morgan fingerprint density at radius 2 is 1.74 bits per heavy atom. The van der Waals surface area contributed by atoms with Gasteiger partial charge >= 0.3 is 0 Å². The maximum absolute atomic E-state index is 6.08. The summed E-state index contributed by atoms with van der Waals surface area (Å²) in [5.74, 6) is 0. The van der Waals surface area contributed by atoms with E-state index >= 15 is 0 Å². The fourth-order valence-electron chi connectivity index (χ4n) is 3.27. The van der Waals surface area contributed by atoms with Crippen LogP contribution in [0.15, 0.2) is 18.2 Å². The molecule has 106 valence electrons. The Bertz CT molecular complexity index is 403. The van der Waals surface area contributed by atoms with Crippen molar-refractivity contribution >= 4 is 0 Å². The summed E-state index contributed by atoms with van der Waals surface area (Å²) in [7, 11) is 0. The van der Waals surface area contributed by atoms with Crippen molar-refractivity contribution in [2.75, 3.05) is 19.6 Å². The third kappa shape index (κ3) is 3.16. The second-order valence-electron chi connectivity index (χ2n) is 5.77. The molecule has 0 amide bonds. The third-order valence-corrected chi connectivity index (χ3v) is 3.99.